The van der Waals surface area contributed by atoms with Gasteiger partial charge in [-0.25, -0.2) is 9.78 Å². The van der Waals surface area contributed by atoms with Gasteiger partial charge in [0.15, 0.2) is 0 Å². The number of hydrogen-bond acceptors (Lipinski definition) is 3. The van der Waals surface area contributed by atoms with Crippen LogP contribution < -0.4 is 5.32 Å². The highest BCUT2D eigenvalue weighted by molar-refractivity contribution is 5.74. The Kier molecular flexibility index (Phi) is 4.74. The van der Waals surface area contributed by atoms with Crippen LogP contribution in [0.4, 0.5) is 4.79 Å². The molecule has 2 aliphatic carbocycles. The number of aromatic nitrogens is 2. The second kappa shape index (κ2) is 7.13. The van der Waals surface area contributed by atoms with E-state index in [1.807, 2.05) is 17.3 Å². The number of nitrogens with zero attached hydrogens (tertiary/aromatic N) is 3. The minimum atomic E-state index is 0.0607. The first kappa shape index (κ1) is 15.9. The Morgan fingerprint density at radius 3 is 2.75 bits per heavy atom. The number of carbonyl (C=O) groups is 1. The first-order valence-corrected chi connectivity index (χ1v) is 9.41. The molecule has 132 valence electrons. The lowest BCUT2D eigenvalue weighted by Crippen LogP contribution is -2.45. The number of carbonyl (C=O) groups excluding carboxylic acids is 1. The van der Waals surface area contributed by atoms with Crippen LogP contribution in [0, 0.1) is 11.8 Å². The van der Waals surface area contributed by atoms with Crippen molar-refractivity contribution in [3.63, 3.8) is 0 Å². The van der Waals surface area contributed by atoms with Crippen LogP contribution in [0.1, 0.15) is 44.3 Å². The van der Waals surface area contributed by atoms with Crippen molar-refractivity contribution in [1.82, 2.24) is 19.8 Å². The summed E-state index contributed by atoms with van der Waals surface area (Å²) >= 11 is 0. The molecule has 0 spiro atoms. The third-order valence-electron chi connectivity index (χ3n) is 5.44. The molecule has 2 fully saturated rings. The standard InChI is InChI=1S/C18H28N4O2/c23-18(20-16-3-1-2-4-16)22-10-15(13-24-12-14-5-6-14)9-21-8-7-19-17(21)11-22/h7-8,14-16H,1-6,9-13H2,(H,20,23)/t15-/m1/s1. The van der Waals surface area contributed by atoms with Crippen LogP contribution in [0.2, 0.25) is 0 Å². The predicted octanol–water partition coefficient (Wildman–Crippen LogP) is 2.39. The predicted molar refractivity (Wildman–Crippen MR) is 90.5 cm³/mol. The zero-order valence-electron chi connectivity index (χ0n) is 14.3. The molecule has 0 saturated heterocycles. The maximum absolute atomic E-state index is 12.7. The SMILES string of the molecule is O=C(NC1CCCC1)N1Cc2nccn2C[C@@H](COCC2CC2)C1. The molecule has 2 amide bonds. The lowest BCUT2D eigenvalue weighted by atomic mass is 10.1. The van der Waals surface area contributed by atoms with Crippen LogP contribution >= 0.6 is 0 Å². The Morgan fingerprint density at radius 1 is 1.17 bits per heavy atom. The van der Waals surface area contributed by atoms with Crippen LogP contribution in [0.5, 0.6) is 0 Å². The molecule has 2 saturated carbocycles. The quantitative estimate of drug-likeness (QED) is 0.901. The van der Waals surface area contributed by atoms with E-state index >= 15 is 0 Å². The van der Waals surface area contributed by atoms with E-state index in [1.54, 1.807) is 0 Å². The van der Waals surface area contributed by atoms with E-state index in [-0.39, 0.29) is 6.03 Å². The fourth-order valence-electron chi connectivity index (χ4n) is 3.82. The van der Waals surface area contributed by atoms with Crippen LogP contribution in [-0.2, 0) is 17.8 Å². The molecule has 1 aromatic rings. The van der Waals surface area contributed by atoms with Crippen molar-refractivity contribution in [2.24, 2.45) is 11.8 Å². The molecule has 0 bridgehead atoms. The Balaban J connectivity index is 1.38. The molecule has 6 heteroatoms. The third-order valence-corrected chi connectivity index (χ3v) is 5.44. The molecule has 0 radical (unpaired) electrons. The van der Waals surface area contributed by atoms with E-state index in [0.29, 0.717) is 18.5 Å². The summed E-state index contributed by atoms with van der Waals surface area (Å²) in [6, 6.07) is 0.413. The minimum absolute atomic E-state index is 0.0607. The average molecular weight is 332 g/mol. The third kappa shape index (κ3) is 3.91. The van der Waals surface area contributed by atoms with Crippen molar-refractivity contribution >= 4 is 6.03 Å². The summed E-state index contributed by atoms with van der Waals surface area (Å²) in [5, 5.41) is 3.21. The van der Waals surface area contributed by atoms with Crippen LogP contribution in [0.15, 0.2) is 12.4 Å². The summed E-state index contributed by atoms with van der Waals surface area (Å²) in [6.07, 6.45) is 11.2. The van der Waals surface area contributed by atoms with Gasteiger partial charge in [-0.3, -0.25) is 0 Å². The van der Waals surface area contributed by atoms with E-state index in [2.05, 4.69) is 14.9 Å². The summed E-state index contributed by atoms with van der Waals surface area (Å²) in [6.45, 7) is 3.81. The van der Waals surface area contributed by atoms with Crippen LogP contribution in [0.3, 0.4) is 0 Å². The van der Waals surface area contributed by atoms with Gasteiger partial charge in [0.1, 0.15) is 5.82 Å². The number of fused-ring (bicyclic) bond motifs is 1. The molecule has 6 nitrogen and oxygen atoms in total. The number of hydrogen-bond donors (Lipinski definition) is 1. The fraction of sp³-hybridized carbons (Fsp3) is 0.778. The Hall–Kier alpha value is -1.56. The van der Waals surface area contributed by atoms with Crippen molar-refractivity contribution in [3.05, 3.63) is 18.2 Å². The molecule has 24 heavy (non-hydrogen) atoms. The molecule has 1 N–H and O–H groups in total. The van der Waals surface area contributed by atoms with E-state index in [0.717, 1.165) is 50.9 Å². The Bertz CT molecular complexity index is 563. The van der Waals surface area contributed by atoms with Gasteiger partial charge < -0.3 is 19.5 Å². The van der Waals surface area contributed by atoms with E-state index in [1.165, 1.54) is 25.7 Å². The largest absolute Gasteiger partial charge is 0.381 e. The number of imidazole rings is 1. The molecular weight excluding hydrogens is 304 g/mol. The topological polar surface area (TPSA) is 59.4 Å². The van der Waals surface area contributed by atoms with Gasteiger partial charge in [-0.2, -0.15) is 0 Å². The van der Waals surface area contributed by atoms with Gasteiger partial charge in [0.25, 0.3) is 0 Å². The zero-order chi connectivity index (χ0) is 16.4. The van der Waals surface area contributed by atoms with Crippen molar-refractivity contribution in [1.29, 1.82) is 0 Å². The molecule has 1 aromatic heterocycles. The minimum Gasteiger partial charge on any atom is -0.381 e. The van der Waals surface area contributed by atoms with Crippen LogP contribution in [-0.4, -0.2) is 46.3 Å². The molecule has 0 unspecified atom stereocenters. The normalized spacial score (nSPS) is 24.7. The van der Waals surface area contributed by atoms with E-state index in [4.69, 9.17) is 4.74 Å². The van der Waals surface area contributed by atoms with E-state index < -0.39 is 0 Å². The molecule has 4 rings (SSSR count). The molecule has 1 aliphatic heterocycles. The van der Waals surface area contributed by atoms with Crippen LogP contribution in [0.25, 0.3) is 0 Å². The number of ether oxygens (including phenoxy) is 1. The monoisotopic (exact) mass is 332 g/mol. The molecule has 3 aliphatic rings. The fourth-order valence-corrected chi connectivity index (χ4v) is 3.82. The molecular formula is C18H28N4O2. The molecule has 0 aromatic carbocycles. The second-order valence-corrected chi connectivity index (χ2v) is 7.65. The van der Waals surface area contributed by atoms with Crippen molar-refractivity contribution in [3.8, 4) is 0 Å². The summed E-state index contributed by atoms with van der Waals surface area (Å²) < 4.78 is 8.09. The maximum Gasteiger partial charge on any atom is 0.318 e. The van der Waals surface area contributed by atoms with Gasteiger partial charge in [-0.05, 0) is 31.6 Å². The van der Waals surface area contributed by atoms with Crippen molar-refractivity contribution in [2.75, 3.05) is 19.8 Å². The zero-order valence-corrected chi connectivity index (χ0v) is 14.3. The van der Waals surface area contributed by atoms with E-state index in [9.17, 15) is 4.79 Å². The number of rotatable bonds is 5. The molecule has 2 heterocycles. The van der Waals surface area contributed by atoms with Gasteiger partial charge >= 0.3 is 6.03 Å². The summed E-state index contributed by atoms with van der Waals surface area (Å²) in [7, 11) is 0. The second-order valence-electron chi connectivity index (χ2n) is 7.65. The van der Waals surface area contributed by atoms with Gasteiger partial charge in [0.2, 0.25) is 0 Å². The highest BCUT2D eigenvalue weighted by Gasteiger charge is 2.28. The van der Waals surface area contributed by atoms with Gasteiger partial charge in [0.05, 0.1) is 13.2 Å². The maximum atomic E-state index is 12.7. The van der Waals surface area contributed by atoms with Crippen molar-refractivity contribution < 1.29 is 9.53 Å². The number of urea groups is 1. The first-order chi connectivity index (χ1) is 11.8. The Morgan fingerprint density at radius 2 is 1.96 bits per heavy atom. The van der Waals surface area contributed by atoms with Gasteiger partial charge in [-0.15, -0.1) is 0 Å². The smallest absolute Gasteiger partial charge is 0.318 e. The highest BCUT2D eigenvalue weighted by atomic mass is 16.5. The number of nitrogens with one attached hydrogen (secondary N) is 1. The van der Waals surface area contributed by atoms with Crippen molar-refractivity contribution in [2.45, 2.75) is 57.7 Å². The summed E-state index contributed by atoms with van der Waals surface area (Å²) in [5.74, 6) is 2.08. The first-order valence-electron chi connectivity index (χ1n) is 9.41. The lowest BCUT2D eigenvalue weighted by molar-refractivity contribution is 0.0757. The number of amides is 2. The summed E-state index contributed by atoms with van der Waals surface area (Å²) in [4.78, 5) is 19.1. The molecule has 1 atom stereocenters. The summed E-state index contributed by atoms with van der Waals surface area (Å²) in [5.41, 5.74) is 0. The Labute approximate surface area is 143 Å². The highest BCUT2D eigenvalue weighted by Crippen LogP contribution is 2.29. The van der Waals surface area contributed by atoms with Gasteiger partial charge in [0, 0.05) is 44.0 Å². The van der Waals surface area contributed by atoms with Gasteiger partial charge in [-0.1, -0.05) is 12.8 Å². The lowest BCUT2D eigenvalue weighted by Gasteiger charge is -2.26. The average Bonchev–Trinajstić information content (AvgIpc) is 3.13.